The van der Waals surface area contributed by atoms with Crippen LogP contribution in [0.25, 0.3) is 5.57 Å². The third-order valence-corrected chi connectivity index (χ3v) is 5.01. The molecule has 2 aliphatic rings. The average Bonchev–Trinajstić information content (AvgIpc) is 2.60. The highest BCUT2D eigenvalue weighted by molar-refractivity contribution is 8.18. The Morgan fingerprint density at radius 1 is 1.17 bits per heavy atom. The third-order valence-electron chi connectivity index (χ3n) is 2.93. The molecule has 1 N–H and O–H groups in total. The van der Waals surface area contributed by atoms with Gasteiger partial charge in [0.05, 0.1) is 4.91 Å². The van der Waals surface area contributed by atoms with E-state index < -0.39 is 0 Å². The van der Waals surface area contributed by atoms with Gasteiger partial charge in [0, 0.05) is 4.90 Å². The lowest BCUT2D eigenvalue weighted by Gasteiger charge is -2.09. The molecule has 1 saturated heterocycles. The van der Waals surface area contributed by atoms with E-state index in [1.165, 1.54) is 4.90 Å². The molecule has 0 bridgehead atoms. The number of hydrogen-bond acceptors (Lipinski definition) is 4. The molecule has 3 rings (SSSR count). The molecule has 2 amide bonds. The second-order valence-electron chi connectivity index (χ2n) is 4.10. The molecular weight excluding hydrogens is 266 g/mol. The molecule has 92 valence electrons. The predicted octanol–water partition coefficient (Wildman–Crippen LogP) is 3.27. The molecular formula is C13H11NO2S2. The van der Waals surface area contributed by atoms with Crippen LogP contribution in [0.5, 0.6) is 0 Å². The Balaban J connectivity index is 2.15. The molecule has 0 aromatic heterocycles. The molecule has 0 saturated carbocycles. The molecule has 5 heteroatoms. The highest BCUT2D eigenvalue weighted by atomic mass is 32.2. The van der Waals surface area contributed by atoms with Crippen LogP contribution in [-0.4, -0.2) is 16.9 Å². The summed E-state index contributed by atoms with van der Waals surface area (Å²) in [5.41, 5.74) is 2.12. The fourth-order valence-electron chi connectivity index (χ4n) is 2.16. The Kier molecular flexibility index (Phi) is 3.18. The lowest BCUT2D eigenvalue weighted by atomic mass is 10.0. The molecule has 3 nitrogen and oxygen atoms in total. The fourth-order valence-corrected chi connectivity index (χ4v) is 3.99. The number of allylic oxidation sites excluding steroid dienone is 1. The highest BCUT2D eigenvalue weighted by Crippen LogP contribution is 2.41. The maximum absolute atomic E-state index is 11.8. The van der Waals surface area contributed by atoms with E-state index in [9.17, 15) is 9.59 Å². The Labute approximate surface area is 113 Å². The molecule has 18 heavy (non-hydrogen) atoms. The highest BCUT2D eigenvalue weighted by Gasteiger charge is 2.30. The number of carbonyl (C=O) groups excluding carboxylic acids is 2. The molecule has 0 aliphatic carbocycles. The number of rotatable bonds is 0. The first kappa shape index (κ1) is 11.9. The first-order chi connectivity index (χ1) is 8.75. The summed E-state index contributed by atoms with van der Waals surface area (Å²) in [6, 6.07) is 8.09. The largest absolute Gasteiger partial charge is 0.290 e. The van der Waals surface area contributed by atoms with Crippen LogP contribution in [0.3, 0.4) is 0 Å². The molecule has 0 radical (unpaired) electrons. The minimum absolute atomic E-state index is 0.248. The SMILES string of the molecule is O=C1NC(=O)C(=C2CCCSc3ccccc32)S1. The van der Waals surface area contributed by atoms with Gasteiger partial charge in [0.25, 0.3) is 11.1 Å². The number of carbonyl (C=O) groups is 2. The number of hydrogen-bond donors (Lipinski definition) is 1. The quantitative estimate of drug-likeness (QED) is 0.739. The Bertz CT molecular complexity index is 566. The Morgan fingerprint density at radius 2 is 2.00 bits per heavy atom. The van der Waals surface area contributed by atoms with Crippen molar-refractivity contribution in [3.63, 3.8) is 0 Å². The maximum Gasteiger partial charge on any atom is 0.290 e. The van der Waals surface area contributed by atoms with Gasteiger partial charge in [0.2, 0.25) is 0 Å². The number of imide groups is 1. The number of fused-ring (bicyclic) bond motifs is 1. The summed E-state index contributed by atoms with van der Waals surface area (Å²) in [5, 5.41) is 2.07. The number of nitrogens with one attached hydrogen (secondary N) is 1. The maximum atomic E-state index is 11.8. The smallest absolute Gasteiger partial charge is 0.282 e. The van der Waals surface area contributed by atoms with Gasteiger partial charge in [0.1, 0.15) is 0 Å². The monoisotopic (exact) mass is 277 g/mol. The first-order valence-electron chi connectivity index (χ1n) is 5.74. The van der Waals surface area contributed by atoms with Crippen LogP contribution in [0.2, 0.25) is 0 Å². The first-order valence-corrected chi connectivity index (χ1v) is 7.54. The summed E-state index contributed by atoms with van der Waals surface area (Å²) in [4.78, 5) is 24.9. The van der Waals surface area contributed by atoms with E-state index in [0.29, 0.717) is 4.91 Å². The van der Waals surface area contributed by atoms with Crippen molar-refractivity contribution in [3.8, 4) is 0 Å². The van der Waals surface area contributed by atoms with Crippen molar-refractivity contribution >= 4 is 40.2 Å². The van der Waals surface area contributed by atoms with Crippen LogP contribution in [-0.2, 0) is 4.79 Å². The zero-order valence-electron chi connectivity index (χ0n) is 9.56. The number of amides is 2. The topological polar surface area (TPSA) is 46.2 Å². The van der Waals surface area contributed by atoms with Gasteiger partial charge in [-0.05, 0) is 47.6 Å². The summed E-state index contributed by atoms with van der Waals surface area (Å²) in [5.74, 6) is 0.801. The van der Waals surface area contributed by atoms with Crippen molar-refractivity contribution < 1.29 is 9.59 Å². The van der Waals surface area contributed by atoms with Crippen LogP contribution < -0.4 is 5.32 Å². The van der Waals surface area contributed by atoms with Gasteiger partial charge in [-0.2, -0.15) is 0 Å². The van der Waals surface area contributed by atoms with E-state index in [0.717, 1.165) is 41.5 Å². The molecule has 0 unspecified atom stereocenters. The average molecular weight is 277 g/mol. The second-order valence-corrected chi connectivity index (χ2v) is 6.22. The zero-order valence-corrected chi connectivity index (χ0v) is 11.2. The van der Waals surface area contributed by atoms with Crippen molar-refractivity contribution in [1.82, 2.24) is 5.32 Å². The van der Waals surface area contributed by atoms with Gasteiger partial charge >= 0.3 is 0 Å². The Hall–Kier alpha value is -1.20. The van der Waals surface area contributed by atoms with Crippen molar-refractivity contribution in [2.24, 2.45) is 0 Å². The second kappa shape index (κ2) is 4.82. The van der Waals surface area contributed by atoms with E-state index >= 15 is 0 Å². The molecule has 0 atom stereocenters. The van der Waals surface area contributed by atoms with Crippen LogP contribution in [0.1, 0.15) is 18.4 Å². The van der Waals surface area contributed by atoms with E-state index in [-0.39, 0.29) is 11.1 Å². The van der Waals surface area contributed by atoms with E-state index in [1.54, 1.807) is 0 Å². The van der Waals surface area contributed by atoms with Crippen molar-refractivity contribution in [2.75, 3.05) is 5.75 Å². The van der Waals surface area contributed by atoms with E-state index in [1.807, 2.05) is 30.0 Å². The van der Waals surface area contributed by atoms with E-state index in [4.69, 9.17) is 0 Å². The fraction of sp³-hybridized carbons (Fsp3) is 0.231. The molecule has 0 spiro atoms. The summed E-state index contributed by atoms with van der Waals surface area (Å²) >= 11 is 2.84. The lowest BCUT2D eigenvalue weighted by molar-refractivity contribution is -0.115. The van der Waals surface area contributed by atoms with Gasteiger partial charge in [-0.3, -0.25) is 14.9 Å². The van der Waals surface area contributed by atoms with Gasteiger partial charge in [0.15, 0.2) is 0 Å². The van der Waals surface area contributed by atoms with Crippen LogP contribution in [0.4, 0.5) is 4.79 Å². The van der Waals surface area contributed by atoms with Crippen molar-refractivity contribution in [1.29, 1.82) is 0 Å². The predicted molar refractivity (Wildman–Crippen MR) is 74.4 cm³/mol. The van der Waals surface area contributed by atoms with Crippen molar-refractivity contribution in [2.45, 2.75) is 17.7 Å². The summed E-state index contributed by atoms with van der Waals surface area (Å²) < 4.78 is 0. The minimum atomic E-state index is -0.267. The van der Waals surface area contributed by atoms with Crippen LogP contribution in [0, 0.1) is 0 Å². The number of benzene rings is 1. The zero-order chi connectivity index (χ0) is 12.5. The van der Waals surface area contributed by atoms with Crippen molar-refractivity contribution in [3.05, 3.63) is 34.7 Å². The number of thioether (sulfide) groups is 2. The normalized spacial score (nSPS) is 23.6. The lowest BCUT2D eigenvalue weighted by Crippen LogP contribution is -2.18. The Morgan fingerprint density at radius 3 is 2.78 bits per heavy atom. The molecule has 2 aliphatic heterocycles. The summed E-state index contributed by atoms with van der Waals surface area (Å²) in [7, 11) is 0. The van der Waals surface area contributed by atoms with Gasteiger partial charge in [-0.25, -0.2) is 0 Å². The van der Waals surface area contributed by atoms with Crippen LogP contribution in [0.15, 0.2) is 34.1 Å². The standard InChI is InChI=1S/C13H11NO2S2/c15-12-11(18-13(16)14-12)9-5-3-7-17-10-6-2-1-4-8(9)10/h1-2,4,6H,3,5,7H2,(H,14,15,16). The van der Waals surface area contributed by atoms with Gasteiger partial charge < -0.3 is 0 Å². The summed E-state index contributed by atoms with van der Waals surface area (Å²) in [6.45, 7) is 0. The van der Waals surface area contributed by atoms with Gasteiger partial charge in [-0.15, -0.1) is 11.8 Å². The molecule has 1 aromatic carbocycles. The minimum Gasteiger partial charge on any atom is -0.282 e. The third kappa shape index (κ3) is 2.08. The summed E-state index contributed by atoms with van der Waals surface area (Å²) in [6.07, 6.45) is 1.88. The van der Waals surface area contributed by atoms with E-state index in [2.05, 4.69) is 11.4 Å². The molecule has 1 fully saturated rings. The molecule has 2 heterocycles. The van der Waals surface area contributed by atoms with Gasteiger partial charge in [-0.1, -0.05) is 18.2 Å². The van der Waals surface area contributed by atoms with Crippen LogP contribution >= 0.6 is 23.5 Å². The molecule has 1 aromatic rings.